The molecule has 0 aliphatic carbocycles. The highest BCUT2D eigenvalue weighted by atomic mass is 16.5. The van der Waals surface area contributed by atoms with Crippen molar-refractivity contribution >= 4 is 0 Å². The van der Waals surface area contributed by atoms with E-state index in [0.717, 1.165) is 5.69 Å². The van der Waals surface area contributed by atoms with Crippen molar-refractivity contribution in [3.63, 3.8) is 0 Å². The van der Waals surface area contributed by atoms with Crippen LogP contribution in [0.15, 0.2) is 23.0 Å². The minimum absolute atomic E-state index is 0.671. The Morgan fingerprint density at radius 2 is 2.44 bits per heavy atom. The van der Waals surface area contributed by atoms with Crippen LogP contribution in [-0.4, -0.2) is 15.4 Å². The predicted molar refractivity (Wildman–Crippen MR) is 28.7 cm³/mol. The monoisotopic (exact) mass is 121 g/mol. The molecule has 2 aliphatic rings. The van der Waals surface area contributed by atoms with E-state index in [4.69, 9.17) is 4.52 Å². The fourth-order valence-corrected chi connectivity index (χ4v) is 0.654. The zero-order chi connectivity index (χ0) is 6.10. The summed E-state index contributed by atoms with van der Waals surface area (Å²) in [6.45, 7) is 0. The van der Waals surface area contributed by atoms with Crippen LogP contribution >= 0.6 is 0 Å². The second kappa shape index (κ2) is 1.51. The lowest BCUT2D eigenvalue weighted by Gasteiger charge is -1.86. The summed E-state index contributed by atoms with van der Waals surface area (Å²) in [4.78, 5) is 3.92. The topological polar surface area (TPSA) is 51.8 Å². The molecule has 0 aromatic heterocycles. The van der Waals surface area contributed by atoms with Crippen molar-refractivity contribution in [2.24, 2.45) is 0 Å². The van der Waals surface area contributed by atoms with Crippen molar-refractivity contribution < 1.29 is 4.52 Å². The highest BCUT2D eigenvalue weighted by Gasteiger charge is 2.03. The van der Waals surface area contributed by atoms with Gasteiger partial charge in [0, 0.05) is 17.5 Å². The molecule has 0 atom stereocenters. The molecule has 4 nitrogen and oxygen atoms in total. The molecule has 0 saturated carbocycles. The van der Waals surface area contributed by atoms with E-state index in [1.54, 1.807) is 18.5 Å². The van der Waals surface area contributed by atoms with Gasteiger partial charge in [0.15, 0.2) is 5.76 Å². The Bertz CT molecular complexity index is 252. The molecule has 2 rings (SSSR count). The zero-order valence-corrected chi connectivity index (χ0v) is 4.48. The SMILES string of the molecule is c1cc2onncc-2n1. The molecule has 2 heterocycles. The maximum atomic E-state index is 4.73. The Labute approximate surface area is 50.8 Å². The van der Waals surface area contributed by atoms with Gasteiger partial charge in [-0.1, -0.05) is 0 Å². The average Bonchev–Trinajstić information content (AvgIpc) is 2.33. The number of rotatable bonds is 0. The number of nitrogens with zero attached hydrogens (tertiary/aromatic N) is 3. The van der Waals surface area contributed by atoms with Gasteiger partial charge in [-0.05, 0) is 0 Å². The molecule has 0 fully saturated rings. The number of fused-ring (bicyclic) bond motifs is 1. The van der Waals surface area contributed by atoms with Gasteiger partial charge in [0.2, 0.25) is 0 Å². The van der Waals surface area contributed by atoms with Crippen molar-refractivity contribution in [2.45, 2.75) is 0 Å². The van der Waals surface area contributed by atoms with E-state index in [-0.39, 0.29) is 0 Å². The van der Waals surface area contributed by atoms with Crippen molar-refractivity contribution in [2.75, 3.05) is 0 Å². The molecule has 0 aromatic rings. The molecule has 9 heavy (non-hydrogen) atoms. The minimum atomic E-state index is 0.671. The van der Waals surface area contributed by atoms with Gasteiger partial charge < -0.3 is 4.52 Å². The smallest absolute Gasteiger partial charge is 0.188 e. The summed E-state index contributed by atoms with van der Waals surface area (Å²) in [5.41, 5.74) is 0.741. The lowest BCUT2D eigenvalue weighted by atomic mass is 10.4. The molecule has 0 saturated heterocycles. The molecule has 4 heteroatoms. The van der Waals surface area contributed by atoms with Crippen LogP contribution in [0.5, 0.6) is 0 Å². The molecule has 2 aliphatic heterocycles. The maximum Gasteiger partial charge on any atom is 0.188 e. The molecule has 44 valence electrons. The van der Waals surface area contributed by atoms with Gasteiger partial charge in [-0.25, -0.2) is 0 Å². The number of hydrogen-bond donors (Lipinski definition) is 0. The summed E-state index contributed by atoms with van der Waals surface area (Å²) >= 11 is 0. The van der Waals surface area contributed by atoms with Crippen LogP contribution in [0.4, 0.5) is 0 Å². The third-order valence-electron chi connectivity index (χ3n) is 1.06. The highest BCUT2D eigenvalue weighted by molar-refractivity contribution is 5.50. The third-order valence-corrected chi connectivity index (χ3v) is 1.06. The van der Waals surface area contributed by atoms with E-state index in [2.05, 4.69) is 15.4 Å². The molecule has 0 unspecified atom stereocenters. The van der Waals surface area contributed by atoms with Gasteiger partial charge in [-0.15, -0.1) is 5.10 Å². The second-order valence-electron chi connectivity index (χ2n) is 1.61. The maximum absolute atomic E-state index is 4.73. The Morgan fingerprint density at radius 1 is 1.44 bits per heavy atom. The van der Waals surface area contributed by atoms with Crippen molar-refractivity contribution in [3.05, 3.63) is 18.5 Å². The van der Waals surface area contributed by atoms with Crippen LogP contribution in [0.2, 0.25) is 0 Å². The molecular formula is C5H3N3O. The Kier molecular flexibility index (Phi) is 0.745. The van der Waals surface area contributed by atoms with E-state index in [9.17, 15) is 0 Å². The minimum Gasteiger partial charge on any atom is -0.337 e. The van der Waals surface area contributed by atoms with Gasteiger partial charge in [-0.2, -0.15) is 0 Å². The molecule has 0 radical (unpaired) electrons. The normalized spacial score (nSPS) is 10.2. The molecular weight excluding hydrogens is 118 g/mol. The predicted octanol–water partition coefficient (Wildman–Crippen LogP) is 0.569. The van der Waals surface area contributed by atoms with Gasteiger partial charge >= 0.3 is 0 Å². The lowest BCUT2D eigenvalue weighted by molar-refractivity contribution is 0.371. The first kappa shape index (κ1) is 4.43. The average molecular weight is 121 g/mol. The van der Waals surface area contributed by atoms with E-state index in [0.29, 0.717) is 5.76 Å². The zero-order valence-electron chi connectivity index (χ0n) is 4.48. The largest absolute Gasteiger partial charge is 0.337 e. The van der Waals surface area contributed by atoms with E-state index in [1.807, 2.05) is 0 Å². The Balaban J connectivity index is 2.79. The Hall–Kier alpha value is -1.45. The standard InChI is InChI=1S/C5H3N3O/c1-2-6-4-3-7-8-9-5(1)4/h1-3H. The van der Waals surface area contributed by atoms with Crippen LogP contribution in [-0.2, 0) is 0 Å². The lowest BCUT2D eigenvalue weighted by Crippen LogP contribution is -1.81. The Morgan fingerprint density at radius 3 is 3.33 bits per heavy atom. The summed E-state index contributed by atoms with van der Waals surface area (Å²) in [6.07, 6.45) is 3.20. The van der Waals surface area contributed by atoms with Crippen molar-refractivity contribution in [1.29, 1.82) is 0 Å². The molecule has 0 spiro atoms. The van der Waals surface area contributed by atoms with Crippen LogP contribution in [0.25, 0.3) is 11.5 Å². The molecule has 0 bridgehead atoms. The highest BCUT2D eigenvalue weighted by Crippen LogP contribution is 2.14. The van der Waals surface area contributed by atoms with E-state index < -0.39 is 0 Å². The summed E-state index contributed by atoms with van der Waals surface area (Å²) in [6, 6.07) is 1.74. The number of aromatic nitrogens is 3. The van der Waals surface area contributed by atoms with Crippen LogP contribution < -0.4 is 0 Å². The van der Waals surface area contributed by atoms with Crippen LogP contribution in [0.3, 0.4) is 0 Å². The van der Waals surface area contributed by atoms with Crippen molar-refractivity contribution in [1.82, 2.24) is 15.4 Å². The third kappa shape index (κ3) is 0.561. The molecule has 0 aromatic carbocycles. The number of hydrogen-bond acceptors (Lipinski definition) is 4. The van der Waals surface area contributed by atoms with E-state index >= 15 is 0 Å². The first-order valence-electron chi connectivity index (χ1n) is 2.49. The summed E-state index contributed by atoms with van der Waals surface area (Å²) in [5, 5.41) is 6.83. The van der Waals surface area contributed by atoms with Crippen LogP contribution in [0.1, 0.15) is 0 Å². The van der Waals surface area contributed by atoms with E-state index in [1.165, 1.54) is 0 Å². The van der Waals surface area contributed by atoms with Crippen LogP contribution in [0, 0.1) is 0 Å². The first-order chi connectivity index (χ1) is 4.47. The summed E-state index contributed by atoms with van der Waals surface area (Å²) in [5.74, 6) is 0.671. The van der Waals surface area contributed by atoms with Crippen molar-refractivity contribution in [3.8, 4) is 11.5 Å². The fraction of sp³-hybridized carbons (Fsp3) is 0. The van der Waals surface area contributed by atoms with Gasteiger partial charge in [-0.3, -0.25) is 4.98 Å². The second-order valence-corrected chi connectivity index (χ2v) is 1.61. The van der Waals surface area contributed by atoms with Gasteiger partial charge in [0.25, 0.3) is 0 Å². The summed E-state index contributed by atoms with van der Waals surface area (Å²) in [7, 11) is 0. The van der Waals surface area contributed by atoms with Gasteiger partial charge in [0.05, 0.1) is 6.20 Å². The summed E-state index contributed by atoms with van der Waals surface area (Å²) < 4.78 is 4.73. The quantitative estimate of drug-likeness (QED) is 0.511. The fourth-order valence-electron chi connectivity index (χ4n) is 0.654. The molecule has 0 amide bonds. The van der Waals surface area contributed by atoms with Gasteiger partial charge in [0.1, 0.15) is 5.69 Å². The molecule has 0 N–H and O–H groups in total. The first-order valence-corrected chi connectivity index (χ1v) is 2.49.